The molecule has 0 atom stereocenters. The molecule has 0 bridgehead atoms. The standard InChI is InChI=1S/C9H16N2O/c1-12-9-3-7-11(8-4-9)6-2-5-10/h9H,2-4,6-8H2,1H3. The molecule has 0 aromatic heterocycles. The average Bonchev–Trinajstić information content (AvgIpc) is 2.15. The van der Waals surface area contributed by atoms with Crippen LogP contribution < -0.4 is 0 Å². The molecule has 0 spiro atoms. The van der Waals surface area contributed by atoms with Crippen LogP contribution in [0.3, 0.4) is 0 Å². The summed E-state index contributed by atoms with van der Waals surface area (Å²) >= 11 is 0. The zero-order chi connectivity index (χ0) is 8.81. The summed E-state index contributed by atoms with van der Waals surface area (Å²) in [6.45, 7) is 3.09. The van der Waals surface area contributed by atoms with Crippen molar-refractivity contribution in [3.8, 4) is 6.07 Å². The number of piperidine rings is 1. The van der Waals surface area contributed by atoms with E-state index in [9.17, 15) is 0 Å². The molecule has 3 nitrogen and oxygen atoms in total. The SMILES string of the molecule is COC1CCN(CCC#N)CC1. The van der Waals surface area contributed by atoms with Crippen LogP contribution in [-0.4, -0.2) is 37.7 Å². The van der Waals surface area contributed by atoms with Gasteiger partial charge in [0.05, 0.1) is 12.2 Å². The largest absolute Gasteiger partial charge is 0.381 e. The number of nitrogens with zero attached hydrogens (tertiary/aromatic N) is 2. The van der Waals surface area contributed by atoms with Crippen molar-refractivity contribution in [2.75, 3.05) is 26.7 Å². The lowest BCUT2D eigenvalue weighted by Crippen LogP contribution is -2.37. The van der Waals surface area contributed by atoms with Gasteiger partial charge in [-0.1, -0.05) is 0 Å². The Hall–Kier alpha value is -0.590. The van der Waals surface area contributed by atoms with Crippen molar-refractivity contribution < 1.29 is 4.74 Å². The Kier molecular flexibility index (Phi) is 4.06. The summed E-state index contributed by atoms with van der Waals surface area (Å²) in [6.07, 6.45) is 3.32. The fourth-order valence-corrected chi connectivity index (χ4v) is 1.58. The van der Waals surface area contributed by atoms with Gasteiger partial charge in [-0.25, -0.2) is 0 Å². The molecule has 1 heterocycles. The highest BCUT2D eigenvalue weighted by molar-refractivity contribution is 4.76. The molecule has 0 aliphatic carbocycles. The molecule has 1 aliphatic heterocycles. The lowest BCUT2D eigenvalue weighted by Gasteiger charge is -2.30. The zero-order valence-electron chi connectivity index (χ0n) is 7.62. The van der Waals surface area contributed by atoms with E-state index in [0.717, 1.165) is 32.5 Å². The Morgan fingerprint density at radius 3 is 2.67 bits per heavy atom. The van der Waals surface area contributed by atoms with Crippen LogP contribution in [0.4, 0.5) is 0 Å². The highest BCUT2D eigenvalue weighted by Crippen LogP contribution is 2.12. The van der Waals surface area contributed by atoms with Gasteiger partial charge in [-0.15, -0.1) is 0 Å². The highest BCUT2D eigenvalue weighted by Gasteiger charge is 2.17. The summed E-state index contributed by atoms with van der Waals surface area (Å²) in [5.41, 5.74) is 0. The van der Waals surface area contributed by atoms with E-state index in [1.165, 1.54) is 0 Å². The lowest BCUT2D eigenvalue weighted by molar-refractivity contribution is 0.0418. The third-order valence-electron chi connectivity index (χ3n) is 2.41. The van der Waals surface area contributed by atoms with Crippen LogP contribution >= 0.6 is 0 Å². The van der Waals surface area contributed by atoms with Crippen molar-refractivity contribution in [3.05, 3.63) is 0 Å². The number of hydrogen-bond donors (Lipinski definition) is 0. The van der Waals surface area contributed by atoms with Crippen LogP contribution in [0.2, 0.25) is 0 Å². The minimum atomic E-state index is 0.448. The van der Waals surface area contributed by atoms with Crippen molar-refractivity contribution >= 4 is 0 Å². The normalized spacial score (nSPS) is 20.7. The fraction of sp³-hybridized carbons (Fsp3) is 0.889. The Morgan fingerprint density at radius 2 is 2.17 bits per heavy atom. The Labute approximate surface area is 73.9 Å². The highest BCUT2D eigenvalue weighted by atomic mass is 16.5. The molecule has 0 N–H and O–H groups in total. The van der Waals surface area contributed by atoms with Crippen LogP contribution in [0.1, 0.15) is 19.3 Å². The molecule has 1 rings (SSSR count). The quantitative estimate of drug-likeness (QED) is 0.631. The first kappa shape index (κ1) is 9.50. The van der Waals surface area contributed by atoms with Gasteiger partial charge < -0.3 is 9.64 Å². The van der Waals surface area contributed by atoms with E-state index in [-0.39, 0.29) is 0 Å². The summed E-state index contributed by atoms with van der Waals surface area (Å²) in [5, 5.41) is 8.39. The van der Waals surface area contributed by atoms with Gasteiger partial charge in [-0.05, 0) is 12.8 Å². The molecule has 1 fully saturated rings. The molecule has 3 heteroatoms. The minimum Gasteiger partial charge on any atom is -0.381 e. The number of ether oxygens (including phenoxy) is 1. The van der Waals surface area contributed by atoms with Crippen molar-refractivity contribution in [1.29, 1.82) is 5.26 Å². The molecule has 0 aromatic carbocycles. The molecule has 0 saturated carbocycles. The second-order valence-electron chi connectivity index (χ2n) is 3.18. The molecule has 0 radical (unpaired) electrons. The predicted molar refractivity (Wildman–Crippen MR) is 46.7 cm³/mol. The molecule has 0 amide bonds. The first-order valence-corrected chi connectivity index (χ1v) is 4.49. The summed E-state index contributed by atoms with van der Waals surface area (Å²) in [5.74, 6) is 0. The van der Waals surface area contributed by atoms with Gasteiger partial charge in [-0.3, -0.25) is 0 Å². The van der Waals surface area contributed by atoms with Crippen molar-refractivity contribution in [2.45, 2.75) is 25.4 Å². The van der Waals surface area contributed by atoms with E-state index in [2.05, 4.69) is 11.0 Å². The zero-order valence-corrected chi connectivity index (χ0v) is 7.62. The first-order valence-electron chi connectivity index (χ1n) is 4.49. The predicted octanol–water partition coefficient (Wildman–Crippen LogP) is 1.01. The maximum atomic E-state index is 8.39. The summed E-state index contributed by atoms with van der Waals surface area (Å²) in [7, 11) is 1.77. The van der Waals surface area contributed by atoms with Gasteiger partial charge in [0.2, 0.25) is 0 Å². The number of methoxy groups -OCH3 is 1. The van der Waals surface area contributed by atoms with Crippen LogP contribution in [0.15, 0.2) is 0 Å². The fourth-order valence-electron chi connectivity index (χ4n) is 1.58. The van der Waals surface area contributed by atoms with Gasteiger partial charge in [0.25, 0.3) is 0 Å². The monoisotopic (exact) mass is 168 g/mol. The average molecular weight is 168 g/mol. The van der Waals surface area contributed by atoms with Crippen LogP contribution in [0, 0.1) is 11.3 Å². The molecule has 1 aliphatic rings. The van der Waals surface area contributed by atoms with Crippen molar-refractivity contribution in [1.82, 2.24) is 4.90 Å². The van der Waals surface area contributed by atoms with Gasteiger partial charge in [0.15, 0.2) is 0 Å². The maximum absolute atomic E-state index is 8.39. The number of rotatable bonds is 3. The van der Waals surface area contributed by atoms with Gasteiger partial charge in [-0.2, -0.15) is 5.26 Å². The molecule has 1 saturated heterocycles. The number of nitriles is 1. The second kappa shape index (κ2) is 5.13. The molecule has 12 heavy (non-hydrogen) atoms. The summed E-state index contributed by atoms with van der Waals surface area (Å²) in [6, 6.07) is 2.17. The van der Waals surface area contributed by atoms with Gasteiger partial charge in [0, 0.05) is 33.2 Å². The maximum Gasteiger partial charge on any atom is 0.0635 e. The van der Waals surface area contributed by atoms with Crippen LogP contribution in [-0.2, 0) is 4.74 Å². The number of likely N-dealkylation sites (tertiary alicyclic amines) is 1. The van der Waals surface area contributed by atoms with Crippen molar-refractivity contribution in [3.63, 3.8) is 0 Å². The summed E-state index contributed by atoms with van der Waals surface area (Å²) < 4.78 is 5.25. The van der Waals surface area contributed by atoms with E-state index in [1.54, 1.807) is 7.11 Å². The third-order valence-corrected chi connectivity index (χ3v) is 2.41. The van der Waals surface area contributed by atoms with Crippen LogP contribution in [0.25, 0.3) is 0 Å². The second-order valence-corrected chi connectivity index (χ2v) is 3.18. The Balaban J connectivity index is 2.14. The Morgan fingerprint density at radius 1 is 1.50 bits per heavy atom. The van der Waals surface area contributed by atoms with Crippen LogP contribution in [0.5, 0.6) is 0 Å². The third kappa shape index (κ3) is 2.80. The molecule has 0 unspecified atom stereocenters. The molecule has 68 valence electrons. The smallest absolute Gasteiger partial charge is 0.0635 e. The van der Waals surface area contributed by atoms with E-state index in [0.29, 0.717) is 12.5 Å². The summed E-state index contributed by atoms with van der Waals surface area (Å²) in [4.78, 5) is 2.33. The number of hydrogen-bond acceptors (Lipinski definition) is 3. The lowest BCUT2D eigenvalue weighted by atomic mass is 10.1. The van der Waals surface area contributed by atoms with Crippen molar-refractivity contribution in [2.24, 2.45) is 0 Å². The Bertz CT molecular complexity index is 156. The molecule has 0 aromatic rings. The molecular formula is C9H16N2O. The van der Waals surface area contributed by atoms with E-state index >= 15 is 0 Å². The topological polar surface area (TPSA) is 36.3 Å². The van der Waals surface area contributed by atoms with E-state index in [4.69, 9.17) is 10.00 Å². The minimum absolute atomic E-state index is 0.448. The van der Waals surface area contributed by atoms with E-state index in [1.807, 2.05) is 0 Å². The first-order chi connectivity index (χ1) is 5.86. The van der Waals surface area contributed by atoms with Gasteiger partial charge >= 0.3 is 0 Å². The van der Waals surface area contributed by atoms with Gasteiger partial charge in [0.1, 0.15) is 0 Å². The molecular weight excluding hydrogens is 152 g/mol. The van der Waals surface area contributed by atoms with E-state index < -0.39 is 0 Å².